The highest BCUT2D eigenvalue weighted by atomic mass is 79.9. The Hall–Kier alpha value is -1.07. The van der Waals surface area contributed by atoms with Gasteiger partial charge in [0, 0.05) is 17.6 Å². The van der Waals surface area contributed by atoms with Crippen molar-refractivity contribution in [3.63, 3.8) is 0 Å². The maximum absolute atomic E-state index is 10.3. The molecule has 0 bridgehead atoms. The zero-order chi connectivity index (χ0) is 12.0. The van der Waals surface area contributed by atoms with E-state index < -0.39 is 6.09 Å². The molecule has 0 spiro atoms. The summed E-state index contributed by atoms with van der Waals surface area (Å²) in [4.78, 5) is 10.3. The lowest BCUT2D eigenvalue weighted by molar-refractivity contribution is 0.157. The zero-order valence-corrected chi connectivity index (χ0v) is 10.7. The van der Waals surface area contributed by atoms with Crippen LogP contribution in [0.1, 0.15) is 11.1 Å². The van der Waals surface area contributed by atoms with Crippen LogP contribution in [0.3, 0.4) is 0 Å². The number of hydrogen-bond acceptors (Lipinski definition) is 3. The second-order valence-electron chi connectivity index (χ2n) is 3.43. The molecule has 0 saturated heterocycles. The van der Waals surface area contributed by atoms with Crippen LogP contribution in [0, 0.1) is 6.92 Å². The van der Waals surface area contributed by atoms with Gasteiger partial charge in [-0.15, -0.1) is 0 Å². The molecule has 0 atom stereocenters. The number of halogens is 1. The fourth-order valence-electron chi connectivity index (χ4n) is 1.20. The molecule has 1 amide bonds. The van der Waals surface area contributed by atoms with Crippen LogP contribution in [0.2, 0.25) is 0 Å². The predicted molar refractivity (Wildman–Crippen MR) is 66.1 cm³/mol. The predicted octanol–water partition coefficient (Wildman–Crippen LogP) is 1.94. The van der Waals surface area contributed by atoms with Crippen molar-refractivity contribution in [1.82, 2.24) is 5.32 Å². The first-order chi connectivity index (χ1) is 7.59. The van der Waals surface area contributed by atoms with Crippen molar-refractivity contribution in [2.75, 3.05) is 13.2 Å². The number of rotatable bonds is 5. The molecule has 1 aromatic rings. The van der Waals surface area contributed by atoms with Crippen LogP contribution >= 0.6 is 15.9 Å². The first kappa shape index (κ1) is 13.0. The average molecular weight is 287 g/mol. The number of aryl methyl sites for hydroxylation is 1. The summed E-state index contributed by atoms with van der Waals surface area (Å²) >= 11 is 3.47. The van der Waals surface area contributed by atoms with Gasteiger partial charge in [-0.25, -0.2) is 4.79 Å². The van der Waals surface area contributed by atoms with Gasteiger partial charge < -0.3 is 15.8 Å². The molecule has 1 aromatic carbocycles. The number of carbonyl (C=O) groups is 1. The molecule has 0 radical (unpaired) electrons. The van der Waals surface area contributed by atoms with Crippen molar-refractivity contribution in [2.45, 2.75) is 13.5 Å². The van der Waals surface area contributed by atoms with Crippen LogP contribution in [-0.4, -0.2) is 19.2 Å². The summed E-state index contributed by atoms with van der Waals surface area (Å²) in [5.74, 6) is 0. The molecule has 5 heteroatoms. The number of primary amides is 1. The molecule has 1 rings (SSSR count). The Morgan fingerprint density at radius 1 is 1.56 bits per heavy atom. The lowest BCUT2D eigenvalue weighted by atomic mass is 10.1. The van der Waals surface area contributed by atoms with E-state index in [-0.39, 0.29) is 0 Å². The van der Waals surface area contributed by atoms with Crippen LogP contribution < -0.4 is 11.1 Å². The van der Waals surface area contributed by atoms with Crippen LogP contribution in [0.15, 0.2) is 22.7 Å². The molecular formula is C11H15BrN2O2. The number of carbonyl (C=O) groups excluding carboxylic acids is 1. The number of nitrogens with one attached hydrogen (secondary N) is 1. The molecule has 0 saturated carbocycles. The van der Waals surface area contributed by atoms with Gasteiger partial charge in [-0.3, -0.25) is 0 Å². The van der Waals surface area contributed by atoms with Gasteiger partial charge in [0.05, 0.1) is 0 Å². The van der Waals surface area contributed by atoms with E-state index in [1.165, 1.54) is 11.1 Å². The van der Waals surface area contributed by atoms with Crippen LogP contribution in [0.4, 0.5) is 4.79 Å². The lowest BCUT2D eigenvalue weighted by Gasteiger charge is -2.06. The third kappa shape index (κ3) is 4.63. The van der Waals surface area contributed by atoms with Crippen LogP contribution in [-0.2, 0) is 11.3 Å². The third-order valence-corrected chi connectivity index (χ3v) is 2.94. The molecule has 4 nitrogen and oxygen atoms in total. The maximum Gasteiger partial charge on any atom is 0.404 e. The molecule has 0 aliphatic rings. The summed E-state index contributed by atoms with van der Waals surface area (Å²) in [5, 5.41) is 3.15. The Balaban J connectivity index is 2.27. The van der Waals surface area contributed by atoms with Gasteiger partial charge in [-0.1, -0.05) is 28.1 Å². The van der Waals surface area contributed by atoms with E-state index in [1.54, 1.807) is 0 Å². The molecule has 0 heterocycles. The molecule has 0 aromatic heterocycles. The smallest absolute Gasteiger partial charge is 0.404 e. The largest absolute Gasteiger partial charge is 0.448 e. The van der Waals surface area contributed by atoms with Crippen molar-refractivity contribution < 1.29 is 9.53 Å². The summed E-state index contributed by atoms with van der Waals surface area (Å²) in [6.07, 6.45) is -0.736. The van der Waals surface area contributed by atoms with Gasteiger partial charge in [-0.05, 0) is 24.1 Å². The molecule has 88 valence electrons. The first-order valence-corrected chi connectivity index (χ1v) is 5.77. The number of ether oxygens (including phenoxy) is 1. The highest BCUT2D eigenvalue weighted by molar-refractivity contribution is 9.10. The SMILES string of the molecule is Cc1ccc(CNCCOC(N)=O)cc1Br. The molecule has 3 N–H and O–H groups in total. The number of nitrogens with two attached hydrogens (primary N) is 1. The van der Waals surface area contributed by atoms with Crippen LogP contribution in [0.25, 0.3) is 0 Å². The minimum absolute atomic E-state index is 0.294. The quantitative estimate of drug-likeness (QED) is 0.813. The Labute approximate surface area is 103 Å². The van der Waals surface area contributed by atoms with Crippen molar-refractivity contribution in [3.8, 4) is 0 Å². The highest BCUT2D eigenvalue weighted by Gasteiger charge is 1.98. The molecule has 0 aliphatic carbocycles. The molecular weight excluding hydrogens is 272 g/mol. The normalized spacial score (nSPS) is 10.1. The minimum Gasteiger partial charge on any atom is -0.448 e. The van der Waals surface area contributed by atoms with Gasteiger partial charge in [0.15, 0.2) is 0 Å². The monoisotopic (exact) mass is 286 g/mol. The van der Waals surface area contributed by atoms with E-state index in [0.717, 1.165) is 11.0 Å². The van der Waals surface area contributed by atoms with E-state index >= 15 is 0 Å². The fourth-order valence-corrected chi connectivity index (χ4v) is 1.63. The van der Waals surface area contributed by atoms with Crippen molar-refractivity contribution in [2.24, 2.45) is 5.73 Å². The fraction of sp³-hybridized carbons (Fsp3) is 0.364. The number of benzene rings is 1. The standard InChI is InChI=1S/C11H15BrN2O2/c1-8-2-3-9(6-10(8)12)7-14-4-5-16-11(13)15/h2-3,6,14H,4-5,7H2,1H3,(H2,13,15). The van der Waals surface area contributed by atoms with Crippen LogP contribution in [0.5, 0.6) is 0 Å². The van der Waals surface area contributed by atoms with E-state index in [4.69, 9.17) is 5.73 Å². The van der Waals surface area contributed by atoms with E-state index in [2.05, 4.69) is 44.2 Å². The Bertz CT molecular complexity index is 369. The van der Waals surface area contributed by atoms with Gasteiger partial charge in [-0.2, -0.15) is 0 Å². The number of amides is 1. The lowest BCUT2D eigenvalue weighted by Crippen LogP contribution is -2.23. The molecule has 0 unspecified atom stereocenters. The second-order valence-corrected chi connectivity index (χ2v) is 4.28. The Kier molecular flexibility index (Phi) is 5.28. The topological polar surface area (TPSA) is 64.3 Å². The van der Waals surface area contributed by atoms with Gasteiger partial charge in [0.25, 0.3) is 0 Å². The van der Waals surface area contributed by atoms with Crippen molar-refractivity contribution in [1.29, 1.82) is 0 Å². The average Bonchev–Trinajstić information content (AvgIpc) is 2.22. The minimum atomic E-state index is -0.736. The highest BCUT2D eigenvalue weighted by Crippen LogP contribution is 2.17. The van der Waals surface area contributed by atoms with Gasteiger partial charge in [0.2, 0.25) is 0 Å². The summed E-state index contributed by atoms with van der Waals surface area (Å²) < 4.78 is 5.69. The Morgan fingerprint density at radius 2 is 2.31 bits per heavy atom. The molecule has 0 fully saturated rings. The van der Waals surface area contributed by atoms with E-state index in [0.29, 0.717) is 13.2 Å². The molecule has 16 heavy (non-hydrogen) atoms. The molecule has 0 aliphatic heterocycles. The summed E-state index contributed by atoms with van der Waals surface area (Å²) in [6, 6.07) is 6.18. The second kappa shape index (κ2) is 6.50. The van der Waals surface area contributed by atoms with Crippen molar-refractivity contribution in [3.05, 3.63) is 33.8 Å². The maximum atomic E-state index is 10.3. The summed E-state index contributed by atoms with van der Waals surface area (Å²) in [7, 11) is 0. The summed E-state index contributed by atoms with van der Waals surface area (Å²) in [6.45, 7) is 3.67. The third-order valence-electron chi connectivity index (χ3n) is 2.09. The zero-order valence-electron chi connectivity index (χ0n) is 9.13. The van der Waals surface area contributed by atoms with E-state index in [1.807, 2.05) is 6.92 Å². The Morgan fingerprint density at radius 3 is 2.94 bits per heavy atom. The van der Waals surface area contributed by atoms with Crippen molar-refractivity contribution >= 4 is 22.0 Å². The van der Waals surface area contributed by atoms with Gasteiger partial charge in [0.1, 0.15) is 6.61 Å². The first-order valence-electron chi connectivity index (χ1n) is 4.97. The summed E-state index contributed by atoms with van der Waals surface area (Å²) in [5.41, 5.74) is 7.21. The number of hydrogen-bond donors (Lipinski definition) is 2. The van der Waals surface area contributed by atoms with Gasteiger partial charge >= 0.3 is 6.09 Å². The van der Waals surface area contributed by atoms with E-state index in [9.17, 15) is 4.79 Å².